The highest BCUT2D eigenvalue weighted by Crippen LogP contribution is 2.24. The van der Waals surface area contributed by atoms with E-state index in [1.54, 1.807) is 18.9 Å². The number of ether oxygens (including phenoxy) is 2. The van der Waals surface area contributed by atoms with E-state index in [2.05, 4.69) is 5.32 Å². The molecule has 1 N–H and O–H groups in total. The zero-order valence-corrected chi connectivity index (χ0v) is 14.1. The number of rotatable bonds is 9. The molecule has 1 rings (SSSR count). The molecule has 1 unspecified atom stereocenters. The SMILES string of the molecule is CCNC(C)(CCCSc1ccc(OC)cc1)C(=O)OC. The van der Waals surface area contributed by atoms with Gasteiger partial charge >= 0.3 is 5.97 Å². The predicted molar refractivity (Wildman–Crippen MR) is 87.0 cm³/mol. The lowest BCUT2D eigenvalue weighted by Crippen LogP contribution is -2.50. The van der Waals surface area contributed by atoms with E-state index >= 15 is 0 Å². The van der Waals surface area contributed by atoms with Crippen LogP contribution in [0.4, 0.5) is 0 Å². The Morgan fingerprint density at radius 2 is 1.95 bits per heavy atom. The fourth-order valence-electron chi connectivity index (χ4n) is 2.17. The van der Waals surface area contributed by atoms with Crippen molar-refractivity contribution in [2.24, 2.45) is 0 Å². The van der Waals surface area contributed by atoms with Crippen molar-refractivity contribution in [1.82, 2.24) is 5.32 Å². The third-order valence-electron chi connectivity index (χ3n) is 3.35. The first kappa shape index (κ1) is 17.9. The summed E-state index contributed by atoms with van der Waals surface area (Å²) in [6, 6.07) is 8.01. The van der Waals surface area contributed by atoms with Crippen molar-refractivity contribution in [2.75, 3.05) is 26.5 Å². The Hall–Kier alpha value is -1.20. The van der Waals surface area contributed by atoms with E-state index in [9.17, 15) is 4.79 Å². The van der Waals surface area contributed by atoms with Crippen LogP contribution in [-0.2, 0) is 9.53 Å². The number of hydrogen-bond acceptors (Lipinski definition) is 5. The van der Waals surface area contributed by atoms with Gasteiger partial charge in [-0.1, -0.05) is 6.92 Å². The second-order valence-corrected chi connectivity index (χ2v) is 6.15. The average Bonchev–Trinajstić information content (AvgIpc) is 2.51. The van der Waals surface area contributed by atoms with Crippen molar-refractivity contribution in [3.05, 3.63) is 24.3 Å². The fraction of sp³-hybridized carbons (Fsp3) is 0.562. The van der Waals surface area contributed by atoms with E-state index in [1.165, 1.54) is 12.0 Å². The molecular weight excluding hydrogens is 286 g/mol. The van der Waals surface area contributed by atoms with Gasteiger partial charge in [0.05, 0.1) is 14.2 Å². The Kier molecular flexibility index (Phi) is 7.61. The summed E-state index contributed by atoms with van der Waals surface area (Å²) in [5, 5.41) is 3.22. The molecule has 0 heterocycles. The van der Waals surface area contributed by atoms with Crippen molar-refractivity contribution in [2.45, 2.75) is 37.1 Å². The van der Waals surface area contributed by atoms with Crippen molar-refractivity contribution in [3.8, 4) is 5.75 Å². The van der Waals surface area contributed by atoms with E-state index in [1.807, 2.05) is 38.1 Å². The van der Waals surface area contributed by atoms with E-state index in [0.717, 1.165) is 30.9 Å². The third-order valence-corrected chi connectivity index (χ3v) is 4.45. The smallest absolute Gasteiger partial charge is 0.325 e. The maximum absolute atomic E-state index is 11.9. The van der Waals surface area contributed by atoms with Crippen LogP contribution in [0.5, 0.6) is 5.75 Å². The van der Waals surface area contributed by atoms with E-state index < -0.39 is 5.54 Å². The summed E-state index contributed by atoms with van der Waals surface area (Å²) in [6.45, 7) is 4.64. The molecule has 118 valence electrons. The van der Waals surface area contributed by atoms with E-state index in [4.69, 9.17) is 9.47 Å². The number of methoxy groups -OCH3 is 2. The van der Waals surface area contributed by atoms with E-state index in [0.29, 0.717) is 0 Å². The molecule has 0 aromatic heterocycles. The molecule has 5 heteroatoms. The quantitative estimate of drug-likeness (QED) is 0.431. The molecule has 0 spiro atoms. The molecule has 0 fully saturated rings. The molecule has 0 amide bonds. The molecule has 21 heavy (non-hydrogen) atoms. The molecule has 0 aliphatic rings. The van der Waals surface area contributed by atoms with Crippen LogP contribution in [-0.4, -0.2) is 38.0 Å². The van der Waals surface area contributed by atoms with Gasteiger partial charge in [-0.2, -0.15) is 0 Å². The van der Waals surface area contributed by atoms with Crippen molar-refractivity contribution >= 4 is 17.7 Å². The molecule has 0 radical (unpaired) electrons. The first-order valence-corrected chi connectivity index (χ1v) is 8.14. The van der Waals surface area contributed by atoms with Gasteiger partial charge in [-0.05, 0) is 56.3 Å². The molecule has 1 atom stereocenters. The topological polar surface area (TPSA) is 47.6 Å². The minimum absolute atomic E-state index is 0.196. The fourth-order valence-corrected chi connectivity index (χ4v) is 3.02. The van der Waals surface area contributed by atoms with Crippen LogP contribution in [0.1, 0.15) is 26.7 Å². The van der Waals surface area contributed by atoms with Gasteiger partial charge in [0.25, 0.3) is 0 Å². The second-order valence-electron chi connectivity index (χ2n) is 4.98. The number of carbonyl (C=O) groups is 1. The maximum atomic E-state index is 11.9. The minimum atomic E-state index is -0.593. The summed E-state index contributed by atoms with van der Waals surface area (Å²) in [7, 11) is 3.10. The number of esters is 1. The van der Waals surface area contributed by atoms with Crippen LogP contribution >= 0.6 is 11.8 Å². The van der Waals surface area contributed by atoms with Crippen LogP contribution in [0.3, 0.4) is 0 Å². The second kappa shape index (κ2) is 8.95. The van der Waals surface area contributed by atoms with Crippen LogP contribution < -0.4 is 10.1 Å². The third kappa shape index (κ3) is 5.59. The number of benzene rings is 1. The molecular formula is C16H25NO3S. The number of hydrogen-bond donors (Lipinski definition) is 1. The van der Waals surface area contributed by atoms with Crippen molar-refractivity contribution in [1.29, 1.82) is 0 Å². The highest BCUT2D eigenvalue weighted by molar-refractivity contribution is 7.99. The molecule has 4 nitrogen and oxygen atoms in total. The lowest BCUT2D eigenvalue weighted by molar-refractivity contribution is -0.148. The van der Waals surface area contributed by atoms with Crippen LogP contribution in [0.15, 0.2) is 29.2 Å². The average molecular weight is 311 g/mol. The van der Waals surface area contributed by atoms with Crippen LogP contribution in [0.25, 0.3) is 0 Å². The van der Waals surface area contributed by atoms with Crippen LogP contribution in [0.2, 0.25) is 0 Å². The summed E-state index contributed by atoms with van der Waals surface area (Å²) < 4.78 is 10.0. The Morgan fingerprint density at radius 3 is 2.48 bits per heavy atom. The van der Waals surface area contributed by atoms with Gasteiger partial charge < -0.3 is 14.8 Å². The first-order chi connectivity index (χ1) is 10.1. The van der Waals surface area contributed by atoms with Crippen molar-refractivity contribution < 1.29 is 14.3 Å². The number of thioether (sulfide) groups is 1. The minimum Gasteiger partial charge on any atom is -0.497 e. The normalized spacial score (nSPS) is 13.5. The number of nitrogens with one attached hydrogen (secondary N) is 1. The van der Waals surface area contributed by atoms with Crippen LogP contribution in [0, 0.1) is 0 Å². The van der Waals surface area contributed by atoms with Gasteiger partial charge in [-0.3, -0.25) is 4.79 Å². The molecule has 0 aliphatic heterocycles. The zero-order valence-electron chi connectivity index (χ0n) is 13.3. The molecule has 0 bridgehead atoms. The van der Waals surface area contributed by atoms with Gasteiger partial charge in [0.1, 0.15) is 11.3 Å². The number of likely N-dealkylation sites (N-methyl/N-ethyl adjacent to an activating group) is 1. The molecule has 0 aliphatic carbocycles. The molecule has 0 saturated heterocycles. The predicted octanol–water partition coefficient (Wildman–Crippen LogP) is 3.11. The Balaban J connectivity index is 2.41. The summed E-state index contributed by atoms with van der Waals surface area (Å²) in [6.07, 6.45) is 1.70. The highest BCUT2D eigenvalue weighted by atomic mass is 32.2. The lowest BCUT2D eigenvalue weighted by Gasteiger charge is -2.27. The lowest BCUT2D eigenvalue weighted by atomic mass is 9.96. The van der Waals surface area contributed by atoms with Gasteiger partial charge in [0, 0.05) is 4.90 Å². The standard InChI is InChI=1S/C16H25NO3S/c1-5-17-16(2,15(18)20-4)11-6-12-21-14-9-7-13(19-3)8-10-14/h7-10,17H,5-6,11-12H2,1-4H3. The van der Waals surface area contributed by atoms with E-state index in [-0.39, 0.29) is 5.97 Å². The summed E-state index contributed by atoms with van der Waals surface area (Å²) >= 11 is 1.78. The largest absolute Gasteiger partial charge is 0.497 e. The zero-order chi connectivity index (χ0) is 15.7. The Bertz CT molecular complexity index is 436. The Morgan fingerprint density at radius 1 is 1.29 bits per heavy atom. The van der Waals surface area contributed by atoms with Gasteiger partial charge in [-0.25, -0.2) is 0 Å². The summed E-state index contributed by atoms with van der Waals surface area (Å²) in [5.41, 5.74) is -0.593. The molecule has 0 saturated carbocycles. The molecule has 1 aromatic rings. The maximum Gasteiger partial charge on any atom is 0.325 e. The van der Waals surface area contributed by atoms with Gasteiger partial charge in [0.2, 0.25) is 0 Å². The molecule has 1 aromatic carbocycles. The van der Waals surface area contributed by atoms with Crippen molar-refractivity contribution in [3.63, 3.8) is 0 Å². The first-order valence-electron chi connectivity index (χ1n) is 7.16. The van der Waals surface area contributed by atoms with Gasteiger partial charge in [-0.15, -0.1) is 11.8 Å². The van der Waals surface area contributed by atoms with Gasteiger partial charge in [0.15, 0.2) is 0 Å². The number of carbonyl (C=O) groups excluding carboxylic acids is 1. The summed E-state index contributed by atoms with van der Waals surface area (Å²) in [4.78, 5) is 13.1. The Labute approximate surface area is 131 Å². The highest BCUT2D eigenvalue weighted by Gasteiger charge is 2.32. The monoisotopic (exact) mass is 311 g/mol. The summed E-state index contributed by atoms with van der Waals surface area (Å²) in [5.74, 6) is 1.63.